The van der Waals surface area contributed by atoms with Crippen LogP contribution in [0.15, 0.2) is 65.9 Å². The van der Waals surface area contributed by atoms with E-state index in [1.54, 1.807) is 57.8 Å². The summed E-state index contributed by atoms with van der Waals surface area (Å²) in [6.45, 7) is 4.88. The van der Waals surface area contributed by atoms with Crippen LogP contribution in [-0.2, 0) is 12.7 Å². The molecule has 0 aliphatic carbocycles. The number of nitrogens with one attached hydrogen (secondary N) is 2. The number of alkyl halides is 3. The van der Waals surface area contributed by atoms with Gasteiger partial charge in [0, 0.05) is 82.2 Å². The number of aromatic nitrogens is 3. The zero-order valence-corrected chi connectivity index (χ0v) is 26.0. The number of amides is 1. The van der Waals surface area contributed by atoms with Crippen LogP contribution in [0.4, 0.5) is 24.7 Å². The van der Waals surface area contributed by atoms with Crippen LogP contribution in [0.25, 0.3) is 11.4 Å². The van der Waals surface area contributed by atoms with E-state index in [2.05, 4.69) is 35.5 Å². The smallest absolute Gasteiger partial charge is 0.416 e. The van der Waals surface area contributed by atoms with E-state index in [1.807, 2.05) is 18.0 Å². The molecule has 1 fully saturated rings. The molecule has 0 saturated carbocycles. The third kappa shape index (κ3) is 7.66. The summed E-state index contributed by atoms with van der Waals surface area (Å²) in [5.74, 6) is 0.731. The number of nitrogens with zero attached hydrogens (tertiary/aromatic N) is 6. The number of rotatable bonds is 9. The molecule has 0 bridgehead atoms. The minimum absolute atomic E-state index is 0.0437. The first-order valence-corrected chi connectivity index (χ1v) is 14.7. The molecule has 2 aromatic heterocycles. The molecule has 3 heterocycles. The molecule has 2 aromatic carbocycles. The summed E-state index contributed by atoms with van der Waals surface area (Å²) in [4.78, 5) is 35.0. The largest absolute Gasteiger partial charge is 0.438 e. The lowest BCUT2D eigenvalue weighted by atomic mass is 10.0. The Labute approximate surface area is 265 Å². The monoisotopic (exact) mass is 632 g/mol. The van der Waals surface area contributed by atoms with E-state index in [0.29, 0.717) is 41.4 Å². The van der Waals surface area contributed by atoms with Crippen LogP contribution in [0.1, 0.15) is 32.6 Å². The number of likely N-dealkylation sites (N-methyl/N-ethyl adjacent to an activating group) is 1. The van der Waals surface area contributed by atoms with Crippen LogP contribution in [0.3, 0.4) is 0 Å². The molecule has 1 aliphatic heterocycles. The lowest BCUT2D eigenvalue weighted by molar-refractivity contribution is -0.138. The van der Waals surface area contributed by atoms with Gasteiger partial charge in [-0.25, -0.2) is 4.98 Å². The van der Waals surface area contributed by atoms with Crippen molar-refractivity contribution in [2.24, 2.45) is 4.99 Å². The van der Waals surface area contributed by atoms with Crippen molar-refractivity contribution in [3.63, 3.8) is 0 Å². The second kappa shape index (κ2) is 14.0. The molecule has 0 atom stereocenters. The quantitative estimate of drug-likeness (QED) is 0.225. The molecular weight excluding hydrogens is 597 g/mol. The SMILES string of the molecule is CN=Cc1c(NC)nc(-c2cccnc2)nc1Oc1ccc(C)c(C(=O)Nc2ccc(CN3CCN(C)CC3)c(C(F)(F)F)c2)c1. The van der Waals surface area contributed by atoms with E-state index < -0.39 is 17.6 Å². The van der Waals surface area contributed by atoms with Crippen molar-refractivity contribution in [1.82, 2.24) is 24.8 Å². The fourth-order valence-electron chi connectivity index (χ4n) is 5.11. The molecule has 5 rings (SSSR count). The number of ether oxygens (including phenoxy) is 1. The van der Waals surface area contributed by atoms with Crippen LogP contribution in [0, 0.1) is 6.92 Å². The summed E-state index contributed by atoms with van der Waals surface area (Å²) in [7, 11) is 5.31. The highest BCUT2D eigenvalue weighted by Gasteiger charge is 2.34. The first kappa shape index (κ1) is 32.5. The number of piperazine rings is 1. The molecule has 10 nitrogen and oxygen atoms in total. The van der Waals surface area contributed by atoms with Gasteiger partial charge in [-0.05, 0) is 61.5 Å². The summed E-state index contributed by atoms with van der Waals surface area (Å²) in [6, 6.07) is 12.4. The molecule has 0 unspecified atom stereocenters. The molecule has 240 valence electrons. The van der Waals surface area contributed by atoms with E-state index in [9.17, 15) is 18.0 Å². The van der Waals surface area contributed by atoms with Crippen LogP contribution >= 0.6 is 0 Å². The van der Waals surface area contributed by atoms with Gasteiger partial charge < -0.3 is 20.3 Å². The van der Waals surface area contributed by atoms with Crippen molar-refractivity contribution >= 4 is 23.6 Å². The summed E-state index contributed by atoms with van der Waals surface area (Å²) >= 11 is 0. The summed E-state index contributed by atoms with van der Waals surface area (Å²) in [5.41, 5.74) is 1.44. The van der Waals surface area contributed by atoms with Gasteiger partial charge in [0.1, 0.15) is 11.6 Å². The number of hydrogen-bond acceptors (Lipinski definition) is 9. The number of aryl methyl sites for hydroxylation is 1. The molecule has 0 radical (unpaired) electrons. The van der Waals surface area contributed by atoms with Gasteiger partial charge in [0.25, 0.3) is 5.91 Å². The predicted octanol–water partition coefficient (Wildman–Crippen LogP) is 5.75. The van der Waals surface area contributed by atoms with Crippen molar-refractivity contribution in [2.45, 2.75) is 19.6 Å². The van der Waals surface area contributed by atoms with Crippen molar-refractivity contribution in [3.8, 4) is 23.0 Å². The number of pyridine rings is 1. The Bertz CT molecular complexity index is 1720. The molecular formula is C33H35F3N8O2. The zero-order valence-electron chi connectivity index (χ0n) is 26.0. The molecule has 4 aromatic rings. The maximum Gasteiger partial charge on any atom is 0.416 e. The van der Waals surface area contributed by atoms with Crippen LogP contribution in [0.5, 0.6) is 11.6 Å². The van der Waals surface area contributed by atoms with Crippen molar-refractivity contribution in [1.29, 1.82) is 0 Å². The van der Waals surface area contributed by atoms with E-state index in [4.69, 9.17) is 4.74 Å². The first-order valence-electron chi connectivity index (χ1n) is 14.7. The average Bonchev–Trinajstić information content (AvgIpc) is 3.04. The number of hydrogen-bond donors (Lipinski definition) is 2. The third-order valence-electron chi connectivity index (χ3n) is 7.66. The van der Waals surface area contributed by atoms with E-state index in [-0.39, 0.29) is 35.0 Å². The standard InChI is InChI=1S/C33H35F3N8O2/c1-21-7-10-25(46-32-27(19-37-2)30(38-3)41-29(42-32)22-6-5-11-39-18-22)17-26(21)31(45)40-24-9-8-23(28(16-24)33(34,35)36)20-44-14-12-43(4)13-15-44/h5-11,16-19H,12-15,20H2,1-4H3,(H,40,45)(H,38,41,42). The van der Waals surface area contributed by atoms with Gasteiger partial charge in [0.05, 0.1) is 11.1 Å². The second-order valence-electron chi connectivity index (χ2n) is 11.0. The van der Waals surface area contributed by atoms with Crippen molar-refractivity contribution in [3.05, 3.63) is 88.7 Å². The summed E-state index contributed by atoms with van der Waals surface area (Å²) < 4.78 is 48.6. The Balaban J connectivity index is 1.41. The minimum Gasteiger partial charge on any atom is -0.438 e. The number of aliphatic imine (C=N–C) groups is 1. The second-order valence-corrected chi connectivity index (χ2v) is 11.0. The van der Waals surface area contributed by atoms with Gasteiger partial charge in [-0.1, -0.05) is 12.1 Å². The number of halogens is 3. The van der Waals surface area contributed by atoms with Crippen LogP contribution in [-0.4, -0.2) is 84.2 Å². The van der Waals surface area contributed by atoms with Gasteiger partial charge in [-0.15, -0.1) is 0 Å². The molecule has 13 heteroatoms. The Kier molecular flexibility index (Phi) is 9.93. The number of benzene rings is 2. The molecule has 2 N–H and O–H groups in total. The van der Waals surface area contributed by atoms with Crippen molar-refractivity contribution in [2.75, 3.05) is 58.0 Å². The number of carbonyl (C=O) groups is 1. The average molecular weight is 633 g/mol. The van der Waals surface area contributed by atoms with Crippen LogP contribution in [0.2, 0.25) is 0 Å². The van der Waals surface area contributed by atoms with Gasteiger partial charge in [-0.2, -0.15) is 18.2 Å². The molecule has 0 spiro atoms. The number of anilines is 2. The zero-order chi connectivity index (χ0) is 32.8. The van der Waals surface area contributed by atoms with Crippen molar-refractivity contribution < 1.29 is 22.7 Å². The van der Waals surface area contributed by atoms with Gasteiger partial charge in [-0.3, -0.25) is 19.7 Å². The fraction of sp³-hybridized carbons (Fsp3) is 0.303. The Morgan fingerprint density at radius 3 is 2.54 bits per heavy atom. The highest BCUT2D eigenvalue weighted by Crippen LogP contribution is 2.35. The van der Waals surface area contributed by atoms with E-state index in [0.717, 1.165) is 19.2 Å². The topological polar surface area (TPSA) is 108 Å². The Morgan fingerprint density at radius 2 is 1.87 bits per heavy atom. The lowest BCUT2D eigenvalue weighted by Gasteiger charge is -2.33. The molecule has 1 amide bonds. The maximum atomic E-state index is 14.1. The highest BCUT2D eigenvalue weighted by molar-refractivity contribution is 6.05. The molecule has 46 heavy (non-hydrogen) atoms. The van der Waals surface area contributed by atoms with Crippen LogP contribution < -0.4 is 15.4 Å². The highest BCUT2D eigenvalue weighted by atomic mass is 19.4. The summed E-state index contributed by atoms with van der Waals surface area (Å²) in [5, 5.41) is 5.68. The lowest BCUT2D eigenvalue weighted by Crippen LogP contribution is -2.44. The third-order valence-corrected chi connectivity index (χ3v) is 7.66. The predicted molar refractivity (Wildman–Crippen MR) is 172 cm³/mol. The molecule has 1 aliphatic rings. The van der Waals surface area contributed by atoms with E-state index in [1.165, 1.54) is 18.2 Å². The Hall–Kier alpha value is -4.88. The Morgan fingerprint density at radius 1 is 1.09 bits per heavy atom. The minimum atomic E-state index is -4.58. The van der Waals surface area contributed by atoms with Gasteiger partial charge in [0.15, 0.2) is 5.82 Å². The van der Waals surface area contributed by atoms with Gasteiger partial charge >= 0.3 is 6.18 Å². The summed E-state index contributed by atoms with van der Waals surface area (Å²) in [6.07, 6.45) is 0.249. The maximum absolute atomic E-state index is 14.1. The number of carbonyl (C=O) groups excluding carboxylic acids is 1. The molecule has 1 saturated heterocycles. The van der Waals surface area contributed by atoms with Gasteiger partial charge in [0.2, 0.25) is 5.88 Å². The first-order chi connectivity index (χ1) is 22.0. The van der Waals surface area contributed by atoms with E-state index >= 15 is 0 Å². The fourth-order valence-corrected chi connectivity index (χ4v) is 5.11. The normalized spacial score (nSPS) is 14.4.